The summed E-state index contributed by atoms with van der Waals surface area (Å²) in [6.07, 6.45) is 1.23. The van der Waals surface area contributed by atoms with Gasteiger partial charge in [0, 0.05) is 6.42 Å². The van der Waals surface area contributed by atoms with Crippen molar-refractivity contribution < 1.29 is 4.79 Å². The Hall–Kier alpha value is -2.62. The number of aryl methyl sites for hydroxylation is 1. The standard InChI is InChI=1S/C18H19N3O/c1-13(18-20-15-9-5-6-10-16(15)21-18)19-17(22)12-11-14-7-3-2-4-8-14/h2-10,13H,11-12H2,1H3,(H,19,22)(H,20,21)/t13-/m0/s1. The molecule has 1 amide bonds. The van der Waals surface area contributed by atoms with Crippen molar-refractivity contribution in [1.29, 1.82) is 0 Å². The van der Waals surface area contributed by atoms with Crippen molar-refractivity contribution in [2.75, 3.05) is 0 Å². The van der Waals surface area contributed by atoms with E-state index < -0.39 is 0 Å². The fourth-order valence-corrected chi connectivity index (χ4v) is 2.46. The molecule has 112 valence electrons. The molecular weight excluding hydrogens is 274 g/mol. The quantitative estimate of drug-likeness (QED) is 0.757. The number of aromatic amines is 1. The molecule has 0 bridgehead atoms. The van der Waals surface area contributed by atoms with Crippen LogP contribution in [0.1, 0.15) is 30.8 Å². The normalized spacial score (nSPS) is 12.2. The van der Waals surface area contributed by atoms with E-state index in [1.165, 1.54) is 5.56 Å². The molecule has 0 aliphatic carbocycles. The van der Waals surface area contributed by atoms with Crippen molar-refractivity contribution >= 4 is 16.9 Å². The van der Waals surface area contributed by atoms with E-state index in [9.17, 15) is 4.79 Å². The van der Waals surface area contributed by atoms with E-state index in [4.69, 9.17) is 0 Å². The van der Waals surface area contributed by atoms with Gasteiger partial charge in [0.15, 0.2) is 0 Å². The highest BCUT2D eigenvalue weighted by Crippen LogP contribution is 2.15. The molecule has 0 saturated carbocycles. The summed E-state index contributed by atoms with van der Waals surface area (Å²) < 4.78 is 0. The van der Waals surface area contributed by atoms with Crippen molar-refractivity contribution in [2.45, 2.75) is 25.8 Å². The molecule has 0 aliphatic rings. The average Bonchev–Trinajstić information content (AvgIpc) is 2.98. The van der Waals surface area contributed by atoms with Crippen LogP contribution >= 0.6 is 0 Å². The number of para-hydroxylation sites is 2. The topological polar surface area (TPSA) is 57.8 Å². The number of H-pyrrole nitrogens is 1. The molecule has 0 aliphatic heterocycles. The fraction of sp³-hybridized carbons (Fsp3) is 0.222. The zero-order valence-electron chi connectivity index (χ0n) is 12.5. The highest BCUT2D eigenvalue weighted by molar-refractivity contribution is 5.77. The van der Waals surface area contributed by atoms with E-state index in [0.717, 1.165) is 23.3 Å². The highest BCUT2D eigenvalue weighted by atomic mass is 16.1. The van der Waals surface area contributed by atoms with Crippen LogP contribution in [0.25, 0.3) is 11.0 Å². The van der Waals surface area contributed by atoms with Crippen LogP contribution in [0.5, 0.6) is 0 Å². The number of carbonyl (C=O) groups excluding carboxylic acids is 1. The van der Waals surface area contributed by atoms with Gasteiger partial charge >= 0.3 is 0 Å². The van der Waals surface area contributed by atoms with Gasteiger partial charge in [-0.15, -0.1) is 0 Å². The number of amides is 1. The minimum Gasteiger partial charge on any atom is -0.346 e. The van der Waals surface area contributed by atoms with Crippen LogP contribution < -0.4 is 5.32 Å². The van der Waals surface area contributed by atoms with Gasteiger partial charge in [-0.2, -0.15) is 0 Å². The predicted molar refractivity (Wildman–Crippen MR) is 87.4 cm³/mol. The largest absolute Gasteiger partial charge is 0.346 e. The van der Waals surface area contributed by atoms with Crippen molar-refractivity contribution in [3.63, 3.8) is 0 Å². The van der Waals surface area contributed by atoms with Gasteiger partial charge in [-0.1, -0.05) is 42.5 Å². The Morgan fingerprint density at radius 1 is 1.14 bits per heavy atom. The Labute approximate surface area is 129 Å². The van der Waals surface area contributed by atoms with Gasteiger partial charge in [-0.05, 0) is 31.0 Å². The van der Waals surface area contributed by atoms with Crippen LogP contribution in [0.4, 0.5) is 0 Å². The summed E-state index contributed by atoms with van der Waals surface area (Å²) >= 11 is 0. The third-order valence-electron chi connectivity index (χ3n) is 3.68. The second kappa shape index (κ2) is 6.43. The highest BCUT2D eigenvalue weighted by Gasteiger charge is 2.13. The molecule has 0 radical (unpaired) electrons. The summed E-state index contributed by atoms with van der Waals surface area (Å²) in [5.74, 6) is 0.825. The second-order valence-corrected chi connectivity index (χ2v) is 5.41. The van der Waals surface area contributed by atoms with Crippen molar-refractivity contribution in [2.24, 2.45) is 0 Å². The molecule has 22 heavy (non-hydrogen) atoms. The number of benzene rings is 2. The molecule has 0 fully saturated rings. The molecule has 1 heterocycles. The molecule has 3 rings (SSSR count). The van der Waals surface area contributed by atoms with Gasteiger partial charge in [0.2, 0.25) is 5.91 Å². The molecule has 2 aromatic carbocycles. The minimum atomic E-state index is -0.129. The zero-order chi connectivity index (χ0) is 15.4. The summed E-state index contributed by atoms with van der Waals surface area (Å²) in [4.78, 5) is 19.8. The zero-order valence-corrected chi connectivity index (χ0v) is 12.5. The molecule has 0 saturated heterocycles. The van der Waals surface area contributed by atoms with E-state index in [2.05, 4.69) is 15.3 Å². The van der Waals surface area contributed by atoms with Crippen LogP contribution in [0.2, 0.25) is 0 Å². The molecule has 2 N–H and O–H groups in total. The summed E-state index contributed by atoms with van der Waals surface area (Å²) in [7, 11) is 0. The van der Waals surface area contributed by atoms with Crippen LogP contribution in [0.3, 0.4) is 0 Å². The lowest BCUT2D eigenvalue weighted by Crippen LogP contribution is -2.27. The first-order valence-corrected chi connectivity index (χ1v) is 7.50. The monoisotopic (exact) mass is 293 g/mol. The summed E-state index contributed by atoms with van der Waals surface area (Å²) in [5, 5.41) is 2.99. The van der Waals surface area contributed by atoms with Crippen molar-refractivity contribution in [3.8, 4) is 0 Å². The summed E-state index contributed by atoms with van der Waals surface area (Å²) in [5.41, 5.74) is 3.08. The van der Waals surface area contributed by atoms with Gasteiger partial charge in [-0.25, -0.2) is 4.98 Å². The minimum absolute atomic E-state index is 0.0387. The first-order valence-electron chi connectivity index (χ1n) is 7.50. The van der Waals surface area contributed by atoms with E-state index in [0.29, 0.717) is 6.42 Å². The average molecular weight is 293 g/mol. The maximum absolute atomic E-state index is 12.1. The number of imidazole rings is 1. The van der Waals surface area contributed by atoms with Crippen LogP contribution in [-0.4, -0.2) is 15.9 Å². The lowest BCUT2D eigenvalue weighted by atomic mass is 10.1. The Morgan fingerprint density at radius 3 is 2.64 bits per heavy atom. The van der Waals surface area contributed by atoms with E-state index in [1.54, 1.807) is 0 Å². The van der Waals surface area contributed by atoms with Crippen molar-refractivity contribution in [3.05, 3.63) is 66.0 Å². The summed E-state index contributed by atoms with van der Waals surface area (Å²) in [6.45, 7) is 1.94. The lowest BCUT2D eigenvalue weighted by molar-refractivity contribution is -0.121. The molecule has 1 aromatic heterocycles. The Balaban J connectivity index is 1.58. The van der Waals surface area contributed by atoms with Gasteiger partial charge in [-0.3, -0.25) is 4.79 Å². The Kier molecular flexibility index (Phi) is 4.19. The first-order chi connectivity index (χ1) is 10.7. The number of nitrogens with one attached hydrogen (secondary N) is 2. The Morgan fingerprint density at radius 2 is 1.86 bits per heavy atom. The number of hydrogen-bond donors (Lipinski definition) is 2. The van der Waals surface area contributed by atoms with Crippen molar-refractivity contribution in [1.82, 2.24) is 15.3 Å². The van der Waals surface area contributed by atoms with E-state index in [1.807, 2.05) is 61.5 Å². The third-order valence-corrected chi connectivity index (χ3v) is 3.68. The molecule has 0 unspecified atom stereocenters. The number of carbonyl (C=O) groups is 1. The molecule has 3 aromatic rings. The number of fused-ring (bicyclic) bond motifs is 1. The number of aromatic nitrogens is 2. The van der Waals surface area contributed by atoms with Gasteiger partial charge < -0.3 is 10.3 Å². The van der Waals surface area contributed by atoms with E-state index in [-0.39, 0.29) is 11.9 Å². The maximum Gasteiger partial charge on any atom is 0.220 e. The number of rotatable bonds is 5. The van der Waals surface area contributed by atoms with Gasteiger partial charge in [0.1, 0.15) is 5.82 Å². The van der Waals surface area contributed by atoms with Gasteiger partial charge in [0.05, 0.1) is 17.1 Å². The van der Waals surface area contributed by atoms with Crippen LogP contribution in [0.15, 0.2) is 54.6 Å². The molecule has 0 spiro atoms. The fourth-order valence-electron chi connectivity index (χ4n) is 2.46. The maximum atomic E-state index is 12.1. The molecule has 4 nitrogen and oxygen atoms in total. The van der Waals surface area contributed by atoms with Gasteiger partial charge in [0.25, 0.3) is 0 Å². The van der Waals surface area contributed by atoms with Crippen LogP contribution in [0, 0.1) is 0 Å². The second-order valence-electron chi connectivity index (χ2n) is 5.41. The van der Waals surface area contributed by atoms with Crippen LogP contribution in [-0.2, 0) is 11.2 Å². The SMILES string of the molecule is C[C@H](NC(=O)CCc1ccccc1)c1nc2ccccc2[nH]1. The molecular formula is C18H19N3O. The molecule has 4 heteroatoms. The molecule has 1 atom stereocenters. The first kappa shape index (κ1) is 14.3. The Bertz CT molecular complexity index is 731. The number of hydrogen-bond acceptors (Lipinski definition) is 2. The van der Waals surface area contributed by atoms with E-state index >= 15 is 0 Å². The predicted octanol–water partition coefficient (Wildman–Crippen LogP) is 3.37. The summed E-state index contributed by atoms with van der Waals surface area (Å²) in [6, 6.07) is 17.8. The third kappa shape index (κ3) is 3.34. The lowest BCUT2D eigenvalue weighted by Gasteiger charge is -2.11. The number of nitrogens with zero attached hydrogens (tertiary/aromatic N) is 1. The smallest absolute Gasteiger partial charge is 0.220 e.